The molecule has 1 aliphatic heterocycles. The van der Waals surface area contributed by atoms with Gasteiger partial charge in [-0.25, -0.2) is 4.39 Å². The Kier molecular flexibility index (Phi) is 6.04. The van der Waals surface area contributed by atoms with Crippen molar-refractivity contribution >= 4 is 5.91 Å². The largest absolute Gasteiger partial charge is 0.493 e. The zero-order valence-corrected chi connectivity index (χ0v) is 16.6. The lowest BCUT2D eigenvalue weighted by atomic mass is 10.0. The van der Waals surface area contributed by atoms with Gasteiger partial charge in [0.25, 0.3) is 5.91 Å². The third-order valence-electron chi connectivity index (χ3n) is 5.10. The van der Waals surface area contributed by atoms with Gasteiger partial charge in [0.05, 0.1) is 27.4 Å². The van der Waals surface area contributed by atoms with E-state index in [1.165, 1.54) is 33.5 Å². The molecule has 2 aromatic rings. The van der Waals surface area contributed by atoms with E-state index in [0.717, 1.165) is 12.1 Å². The van der Waals surface area contributed by atoms with Crippen molar-refractivity contribution in [2.24, 2.45) is 0 Å². The lowest BCUT2D eigenvalue weighted by Gasteiger charge is -2.39. The third-order valence-corrected chi connectivity index (χ3v) is 5.10. The number of halogens is 1. The van der Waals surface area contributed by atoms with Crippen LogP contribution in [-0.2, 0) is 0 Å². The molecule has 1 amide bonds. The number of methoxy groups -OCH3 is 3. The van der Waals surface area contributed by atoms with Crippen LogP contribution in [0.1, 0.15) is 22.0 Å². The number of nitrogens with zero attached hydrogens (tertiary/aromatic N) is 2. The Bertz CT molecular complexity index is 816. The van der Waals surface area contributed by atoms with Crippen molar-refractivity contribution in [1.29, 1.82) is 0 Å². The number of carbonyl (C=O) groups is 1. The number of rotatable bonds is 5. The van der Waals surface area contributed by atoms with Crippen molar-refractivity contribution in [2.45, 2.75) is 6.04 Å². The van der Waals surface area contributed by atoms with Gasteiger partial charge in [-0.05, 0) is 36.9 Å². The molecule has 6 nitrogen and oxygen atoms in total. The predicted octanol–water partition coefficient (Wildman–Crippen LogP) is 2.98. The normalized spacial score (nSPS) is 17.3. The van der Waals surface area contributed by atoms with Crippen molar-refractivity contribution in [3.05, 3.63) is 53.3 Å². The molecule has 0 aromatic heterocycles. The van der Waals surface area contributed by atoms with Crippen molar-refractivity contribution in [2.75, 3.05) is 48.0 Å². The SMILES string of the molecule is COc1cc(C(=O)N2CCN(C)C(c3ccc(F)cc3)C2)cc(OC)c1OC. The minimum Gasteiger partial charge on any atom is -0.493 e. The Morgan fingerprint density at radius 1 is 1.00 bits per heavy atom. The minimum absolute atomic E-state index is 0.000314. The highest BCUT2D eigenvalue weighted by molar-refractivity contribution is 5.95. The van der Waals surface area contributed by atoms with Gasteiger partial charge in [-0.2, -0.15) is 0 Å². The van der Waals surface area contributed by atoms with Crippen LogP contribution in [0.15, 0.2) is 36.4 Å². The zero-order valence-electron chi connectivity index (χ0n) is 16.6. The Balaban J connectivity index is 1.87. The Labute approximate surface area is 164 Å². The number of hydrogen-bond acceptors (Lipinski definition) is 5. The Morgan fingerprint density at radius 3 is 2.14 bits per heavy atom. The summed E-state index contributed by atoms with van der Waals surface area (Å²) in [4.78, 5) is 17.1. The average Bonchev–Trinajstić information content (AvgIpc) is 2.73. The molecule has 0 radical (unpaired) electrons. The van der Waals surface area contributed by atoms with Gasteiger partial charge in [0.15, 0.2) is 11.5 Å². The van der Waals surface area contributed by atoms with Crippen molar-refractivity contribution in [3.63, 3.8) is 0 Å². The van der Waals surface area contributed by atoms with Crippen LogP contribution in [0.5, 0.6) is 17.2 Å². The van der Waals surface area contributed by atoms with Crippen LogP contribution in [0.2, 0.25) is 0 Å². The maximum absolute atomic E-state index is 13.3. The van der Waals surface area contributed by atoms with E-state index in [0.29, 0.717) is 35.9 Å². The molecule has 1 fully saturated rings. The second kappa shape index (κ2) is 8.48. The smallest absolute Gasteiger partial charge is 0.254 e. The number of piperazine rings is 1. The summed E-state index contributed by atoms with van der Waals surface area (Å²) in [5.74, 6) is 0.944. The molecule has 3 rings (SSSR count). The molecule has 0 bridgehead atoms. The fourth-order valence-electron chi connectivity index (χ4n) is 3.49. The first-order chi connectivity index (χ1) is 13.5. The van der Waals surface area contributed by atoms with Gasteiger partial charge in [0.1, 0.15) is 5.82 Å². The van der Waals surface area contributed by atoms with Crippen molar-refractivity contribution in [1.82, 2.24) is 9.80 Å². The number of hydrogen-bond donors (Lipinski definition) is 0. The van der Waals surface area contributed by atoms with E-state index in [9.17, 15) is 9.18 Å². The molecule has 0 N–H and O–H groups in total. The summed E-state index contributed by atoms with van der Waals surface area (Å²) in [6, 6.07) is 9.75. The predicted molar refractivity (Wildman–Crippen MR) is 104 cm³/mol. The number of carbonyl (C=O) groups excluding carboxylic acids is 1. The molecule has 1 saturated heterocycles. The first kappa shape index (κ1) is 19.9. The molecule has 1 aliphatic rings. The fraction of sp³-hybridized carbons (Fsp3) is 0.381. The van der Waals surface area contributed by atoms with Crippen LogP contribution in [0.25, 0.3) is 0 Å². The quantitative estimate of drug-likeness (QED) is 0.788. The topological polar surface area (TPSA) is 51.2 Å². The van der Waals surface area contributed by atoms with E-state index in [1.807, 2.05) is 7.05 Å². The molecule has 1 atom stereocenters. The lowest BCUT2D eigenvalue weighted by Crippen LogP contribution is -2.49. The minimum atomic E-state index is -0.271. The monoisotopic (exact) mass is 388 g/mol. The molecule has 1 unspecified atom stereocenters. The third kappa shape index (κ3) is 3.89. The van der Waals surface area contributed by atoms with Gasteiger partial charge in [-0.15, -0.1) is 0 Å². The molecule has 0 spiro atoms. The highest BCUT2D eigenvalue weighted by Gasteiger charge is 2.30. The fourth-order valence-corrected chi connectivity index (χ4v) is 3.49. The van der Waals surface area contributed by atoms with Crippen LogP contribution < -0.4 is 14.2 Å². The molecular weight excluding hydrogens is 363 g/mol. The number of amides is 1. The zero-order chi connectivity index (χ0) is 20.3. The van der Waals surface area contributed by atoms with Crippen LogP contribution in [-0.4, -0.2) is 63.7 Å². The van der Waals surface area contributed by atoms with Gasteiger partial charge < -0.3 is 19.1 Å². The van der Waals surface area contributed by atoms with Gasteiger partial charge >= 0.3 is 0 Å². The maximum Gasteiger partial charge on any atom is 0.254 e. The van der Waals surface area contributed by atoms with Gasteiger partial charge in [0, 0.05) is 25.2 Å². The van der Waals surface area contributed by atoms with Gasteiger partial charge in [-0.1, -0.05) is 12.1 Å². The summed E-state index contributed by atoms with van der Waals surface area (Å²) in [5, 5.41) is 0. The maximum atomic E-state index is 13.3. The Morgan fingerprint density at radius 2 is 1.61 bits per heavy atom. The highest BCUT2D eigenvalue weighted by Crippen LogP contribution is 2.38. The molecule has 150 valence electrons. The summed E-state index contributed by atoms with van der Waals surface area (Å²) in [6.45, 7) is 1.83. The van der Waals surface area contributed by atoms with Crippen molar-refractivity contribution < 1.29 is 23.4 Å². The first-order valence-corrected chi connectivity index (χ1v) is 9.03. The van der Waals surface area contributed by atoms with Crippen LogP contribution in [0.3, 0.4) is 0 Å². The number of benzene rings is 2. The van der Waals surface area contributed by atoms with E-state index in [2.05, 4.69) is 4.90 Å². The molecule has 2 aromatic carbocycles. The van der Waals surface area contributed by atoms with Gasteiger partial charge in [-0.3, -0.25) is 9.69 Å². The first-order valence-electron chi connectivity index (χ1n) is 9.03. The average molecular weight is 388 g/mol. The van der Waals surface area contributed by atoms with Crippen LogP contribution in [0, 0.1) is 5.82 Å². The Hall–Kier alpha value is -2.80. The van der Waals surface area contributed by atoms with E-state index in [4.69, 9.17) is 14.2 Å². The molecule has 0 aliphatic carbocycles. The van der Waals surface area contributed by atoms with E-state index in [-0.39, 0.29) is 17.8 Å². The molecular formula is C21H25FN2O4. The van der Waals surface area contributed by atoms with E-state index < -0.39 is 0 Å². The van der Waals surface area contributed by atoms with E-state index in [1.54, 1.807) is 29.2 Å². The molecule has 0 saturated carbocycles. The summed E-state index contributed by atoms with van der Waals surface area (Å²) < 4.78 is 29.3. The molecule has 7 heteroatoms. The second-order valence-corrected chi connectivity index (χ2v) is 6.71. The van der Waals surface area contributed by atoms with Crippen LogP contribution in [0.4, 0.5) is 4.39 Å². The molecule has 28 heavy (non-hydrogen) atoms. The summed E-state index contributed by atoms with van der Waals surface area (Å²) in [5.41, 5.74) is 1.45. The summed E-state index contributed by atoms with van der Waals surface area (Å²) in [7, 11) is 6.57. The molecule has 1 heterocycles. The van der Waals surface area contributed by atoms with Crippen molar-refractivity contribution in [3.8, 4) is 17.2 Å². The number of ether oxygens (including phenoxy) is 3. The summed E-state index contributed by atoms with van der Waals surface area (Å²) >= 11 is 0. The standard InChI is InChI=1S/C21H25FN2O4/c1-23-9-10-24(13-17(23)14-5-7-16(22)8-6-14)21(25)15-11-18(26-2)20(28-4)19(12-15)27-3/h5-8,11-12,17H,9-10,13H2,1-4H3. The lowest BCUT2D eigenvalue weighted by molar-refractivity contribution is 0.0545. The number of likely N-dealkylation sites (N-methyl/N-ethyl adjacent to an activating group) is 1. The van der Waals surface area contributed by atoms with E-state index >= 15 is 0 Å². The van der Waals surface area contributed by atoms with Crippen LogP contribution >= 0.6 is 0 Å². The second-order valence-electron chi connectivity index (χ2n) is 6.71. The highest BCUT2D eigenvalue weighted by atomic mass is 19.1. The van der Waals surface area contributed by atoms with Gasteiger partial charge in [0.2, 0.25) is 5.75 Å². The summed E-state index contributed by atoms with van der Waals surface area (Å²) in [6.07, 6.45) is 0.